The van der Waals surface area contributed by atoms with Gasteiger partial charge in [0, 0.05) is 4.90 Å². The van der Waals surface area contributed by atoms with Crippen LogP contribution in [0.25, 0.3) is 11.1 Å². The maximum Gasteiger partial charge on any atom is 0.339 e. The summed E-state index contributed by atoms with van der Waals surface area (Å²) in [5, 5.41) is 8.70. The van der Waals surface area contributed by atoms with Crippen LogP contribution >= 0.6 is 11.8 Å². The highest BCUT2D eigenvalue weighted by molar-refractivity contribution is 7.99. The second-order valence-corrected chi connectivity index (χ2v) is 7.00. The van der Waals surface area contributed by atoms with Crippen molar-refractivity contribution in [3.05, 3.63) is 54.1 Å². The van der Waals surface area contributed by atoms with Crippen LogP contribution in [0.5, 0.6) is 0 Å². The summed E-state index contributed by atoms with van der Waals surface area (Å²) in [5.74, 6) is 0.685. The predicted molar refractivity (Wildman–Crippen MR) is 103 cm³/mol. The van der Waals surface area contributed by atoms with Crippen molar-refractivity contribution in [2.75, 3.05) is 5.75 Å². The highest BCUT2D eigenvalue weighted by Crippen LogP contribution is 2.25. The molecule has 1 atom stereocenters. The molecule has 0 amide bonds. The van der Waals surface area contributed by atoms with Crippen LogP contribution in [0.3, 0.4) is 0 Å². The molecular weight excluding hydrogens is 330 g/mol. The first-order chi connectivity index (χ1) is 12.1. The zero-order valence-corrected chi connectivity index (χ0v) is 15.5. The number of carbonyl (C=O) groups excluding carboxylic acids is 1. The van der Waals surface area contributed by atoms with Gasteiger partial charge in [-0.3, -0.25) is 0 Å². The van der Waals surface area contributed by atoms with Gasteiger partial charge in [0.15, 0.2) is 6.10 Å². The minimum atomic E-state index is -0.741. The summed E-state index contributed by atoms with van der Waals surface area (Å²) in [6.07, 6.45) is 3.05. The van der Waals surface area contributed by atoms with E-state index >= 15 is 0 Å². The summed E-state index contributed by atoms with van der Waals surface area (Å²) in [7, 11) is 0. The molecule has 0 aliphatic rings. The Hall–Kier alpha value is -2.25. The molecule has 3 nitrogen and oxygen atoms in total. The maximum absolute atomic E-state index is 11.9. The third-order valence-electron chi connectivity index (χ3n) is 3.79. The number of esters is 1. The minimum Gasteiger partial charge on any atom is -0.444 e. The number of hydrogen-bond donors (Lipinski definition) is 0. The highest BCUT2D eigenvalue weighted by Gasteiger charge is 2.11. The van der Waals surface area contributed by atoms with E-state index in [1.807, 2.05) is 30.0 Å². The molecule has 4 heteroatoms. The van der Waals surface area contributed by atoms with Crippen LogP contribution in [-0.2, 0) is 4.74 Å². The quantitative estimate of drug-likeness (QED) is 0.347. The van der Waals surface area contributed by atoms with E-state index in [1.165, 1.54) is 24.2 Å². The van der Waals surface area contributed by atoms with E-state index in [2.05, 4.69) is 31.2 Å². The average Bonchev–Trinajstić information content (AvgIpc) is 2.65. The first-order valence-electron chi connectivity index (χ1n) is 8.58. The molecule has 0 aliphatic heterocycles. The van der Waals surface area contributed by atoms with Crippen LogP contribution in [0.15, 0.2) is 53.4 Å². The lowest BCUT2D eigenvalue weighted by Crippen LogP contribution is -2.12. The van der Waals surface area contributed by atoms with Gasteiger partial charge in [0.05, 0.1) is 5.56 Å². The summed E-state index contributed by atoms with van der Waals surface area (Å²) in [6.45, 7) is 3.77. The summed E-state index contributed by atoms with van der Waals surface area (Å²) in [5.41, 5.74) is 2.62. The number of nitrogens with zero attached hydrogens (tertiary/aromatic N) is 1. The molecule has 2 aromatic carbocycles. The van der Waals surface area contributed by atoms with Crippen LogP contribution in [0, 0.1) is 11.3 Å². The van der Waals surface area contributed by atoms with Gasteiger partial charge in [-0.1, -0.05) is 44.0 Å². The molecule has 0 aliphatic carbocycles. The molecule has 0 unspecified atom stereocenters. The smallest absolute Gasteiger partial charge is 0.339 e. The van der Waals surface area contributed by atoms with E-state index in [9.17, 15) is 4.79 Å². The molecule has 0 fully saturated rings. The summed E-state index contributed by atoms with van der Waals surface area (Å²) in [4.78, 5) is 13.2. The molecule has 0 saturated heterocycles. The summed E-state index contributed by atoms with van der Waals surface area (Å²) < 4.78 is 5.00. The van der Waals surface area contributed by atoms with E-state index in [4.69, 9.17) is 10.00 Å². The van der Waals surface area contributed by atoms with Gasteiger partial charge in [-0.15, -0.1) is 11.8 Å². The number of thioether (sulfide) groups is 1. The fourth-order valence-corrected chi connectivity index (χ4v) is 3.25. The van der Waals surface area contributed by atoms with Gasteiger partial charge < -0.3 is 4.74 Å². The zero-order chi connectivity index (χ0) is 18.1. The molecule has 2 aromatic rings. The first kappa shape index (κ1) is 19.1. The fraction of sp³-hybridized carbons (Fsp3) is 0.333. The molecule has 0 radical (unpaired) electrons. The Labute approximate surface area is 154 Å². The van der Waals surface area contributed by atoms with E-state index in [0.717, 1.165) is 16.9 Å². The third kappa shape index (κ3) is 5.95. The molecule has 25 heavy (non-hydrogen) atoms. The second kappa shape index (κ2) is 9.90. The van der Waals surface area contributed by atoms with Crippen LogP contribution < -0.4 is 0 Å². The van der Waals surface area contributed by atoms with Crippen LogP contribution in [0.4, 0.5) is 0 Å². The van der Waals surface area contributed by atoms with Crippen LogP contribution in [0.1, 0.15) is 43.5 Å². The number of carbonyl (C=O) groups is 1. The lowest BCUT2D eigenvalue weighted by molar-refractivity contribution is 0.0435. The number of unbranched alkanes of at least 4 members (excludes halogenated alkanes) is 2. The van der Waals surface area contributed by atoms with E-state index < -0.39 is 12.1 Å². The molecular formula is C21H23NO2S. The molecule has 0 saturated carbocycles. The highest BCUT2D eigenvalue weighted by atomic mass is 32.2. The fourth-order valence-electron chi connectivity index (χ4n) is 2.34. The normalized spacial score (nSPS) is 11.6. The number of benzene rings is 2. The zero-order valence-electron chi connectivity index (χ0n) is 14.7. The van der Waals surface area contributed by atoms with Crippen molar-refractivity contribution in [2.24, 2.45) is 0 Å². The minimum absolute atomic E-state index is 0.453. The Balaban J connectivity index is 1.97. The molecule has 130 valence electrons. The Kier molecular flexibility index (Phi) is 7.56. The number of hydrogen-bond acceptors (Lipinski definition) is 4. The molecule has 0 heterocycles. The van der Waals surface area contributed by atoms with Crippen molar-refractivity contribution < 1.29 is 9.53 Å². The maximum atomic E-state index is 11.9. The largest absolute Gasteiger partial charge is 0.444 e. The van der Waals surface area contributed by atoms with Gasteiger partial charge in [0.1, 0.15) is 6.07 Å². The summed E-state index contributed by atoms with van der Waals surface area (Å²) in [6, 6.07) is 17.6. The Bertz CT molecular complexity index is 717. The number of nitriles is 1. The van der Waals surface area contributed by atoms with Gasteiger partial charge >= 0.3 is 5.97 Å². The van der Waals surface area contributed by atoms with E-state index in [0.29, 0.717) is 5.56 Å². The molecule has 2 rings (SSSR count). The van der Waals surface area contributed by atoms with Crippen molar-refractivity contribution in [2.45, 2.75) is 44.1 Å². The lowest BCUT2D eigenvalue weighted by atomic mass is 10.0. The van der Waals surface area contributed by atoms with Gasteiger partial charge in [0.25, 0.3) is 0 Å². The lowest BCUT2D eigenvalue weighted by Gasteiger charge is -2.07. The monoisotopic (exact) mass is 353 g/mol. The number of rotatable bonds is 8. The predicted octanol–water partition coefficient (Wildman–Crippen LogP) is 5.70. The van der Waals surface area contributed by atoms with Crippen LogP contribution in [0.2, 0.25) is 0 Å². The van der Waals surface area contributed by atoms with Crippen molar-refractivity contribution in [3.63, 3.8) is 0 Å². The topological polar surface area (TPSA) is 50.1 Å². The molecule has 0 aromatic heterocycles. The number of ether oxygens (including phenoxy) is 1. The summed E-state index contributed by atoms with van der Waals surface area (Å²) >= 11 is 1.89. The second-order valence-electron chi connectivity index (χ2n) is 5.83. The Morgan fingerprint density at radius 3 is 2.24 bits per heavy atom. The van der Waals surface area contributed by atoms with Crippen molar-refractivity contribution in [3.8, 4) is 17.2 Å². The van der Waals surface area contributed by atoms with E-state index in [1.54, 1.807) is 19.1 Å². The van der Waals surface area contributed by atoms with Gasteiger partial charge in [0.2, 0.25) is 0 Å². The van der Waals surface area contributed by atoms with E-state index in [-0.39, 0.29) is 0 Å². The van der Waals surface area contributed by atoms with Crippen molar-refractivity contribution >= 4 is 17.7 Å². The molecule has 0 bridgehead atoms. The first-order valence-corrected chi connectivity index (χ1v) is 9.56. The van der Waals surface area contributed by atoms with Crippen LogP contribution in [-0.4, -0.2) is 17.8 Å². The third-order valence-corrected chi connectivity index (χ3v) is 4.89. The van der Waals surface area contributed by atoms with Crippen molar-refractivity contribution in [1.29, 1.82) is 5.26 Å². The van der Waals surface area contributed by atoms with Crippen molar-refractivity contribution in [1.82, 2.24) is 0 Å². The SMILES string of the molecule is CCCCCSc1ccc(-c2ccc(C(=O)O[C@H](C)C#N)cc2)cc1. The van der Waals surface area contributed by atoms with Gasteiger partial charge in [-0.05, 0) is 54.5 Å². The van der Waals surface area contributed by atoms with Gasteiger partial charge in [-0.25, -0.2) is 4.79 Å². The van der Waals surface area contributed by atoms with Gasteiger partial charge in [-0.2, -0.15) is 5.26 Å². The Morgan fingerprint density at radius 1 is 1.08 bits per heavy atom. The standard InChI is InChI=1S/C21H23NO2S/c1-3-4-5-14-25-20-12-10-18(11-13-20)17-6-8-19(9-7-17)21(23)24-16(2)15-22/h6-13,16H,3-5,14H2,1-2H3/t16-/m1/s1. The molecule has 0 spiro atoms. The average molecular weight is 353 g/mol. The Morgan fingerprint density at radius 2 is 1.68 bits per heavy atom. The molecule has 0 N–H and O–H groups in total.